The van der Waals surface area contributed by atoms with E-state index >= 15 is 0 Å². The number of likely N-dealkylation sites (N-methyl/N-ethyl adjacent to an activating group) is 1. The zero-order chi connectivity index (χ0) is 12.3. The Labute approximate surface area is 110 Å². The van der Waals surface area contributed by atoms with Gasteiger partial charge in [0.25, 0.3) is 0 Å². The highest BCUT2D eigenvalue weighted by molar-refractivity contribution is 7.16. The Hall–Kier alpha value is -0.810. The van der Waals surface area contributed by atoms with Crippen LogP contribution in [0.15, 0.2) is 34.9 Å². The van der Waals surface area contributed by atoms with Crippen molar-refractivity contribution >= 4 is 22.9 Å². The number of nitrogens with two attached hydrogens (primary N) is 1. The van der Waals surface area contributed by atoms with Gasteiger partial charge in [-0.25, -0.2) is 0 Å². The van der Waals surface area contributed by atoms with Crippen LogP contribution in [0.25, 0.3) is 0 Å². The minimum Gasteiger partial charge on any atom is -0.468 e. The Morgan fingerprint density at radius 2 is 2.29 bits per heavy atom. The third-order valence-electron chi connectivity index (χ3n) is 2.66. The van der Waals surface area contributed by atoms with Crippen molar-refractivity contribution in [2.24, 2.45) is 5.73 Å². The summed E-state index contributed by atoms with van der Waals surface area (Å²) in [5.41, 5.74) is 5.84. The van der Waals surface area contributed by atoms with E-state index in [9.17, 15) is 0 Å². The Bertz CT molecular complexity index is 455. The molecule has 1 unspecified atom stereocenters. The van der Waals surface area contributed by atoms with E-state index in [1.165, 1.54) is 4.88 Å². The third kappa shape index (κ3) is 3.10. The summed E-state index contributed by atoms with van der Waals surface area (Å²) < 4.78 is 6.13. The van der Waals surface area contributed by atoms with E-state index in [1.807, 2.05) is 31.3 Å². The SMILES string of the molecule is CN(Cc1ccco1)C(CN)c1ccc(Cl)s1. The normalized spacial score (nSPS) is 13.2. The molecule has 2 heterocycles. The quantitative estimate of drug-likeness (QED) is 0.908. The molecule has 0 bridgehead atoms. The maximum atomic E-state index is 5.95. The highest BCUT2D eigenvalue weighted by Crippen LogP contribution is 2.30. The lowest BCUT2D eigenvalue weighted by Crippen LogP contribution is -2.29. The van der Waals surface area contributed by atoms with Gasteiger partial charge >= 0.3 is 0 Å². The molecule has 1 atom stereocenters. The molecule has 0 saturated carbocycles. The van der Waals surface area contributed by atoms with Gasteiger partial charge in [-0.2, -0.15) is 0 Å². The molecule has 0 saturated heterocycles. The lowest BCUT2D eigenvalue weighted by Gasteiger charge is -2.25. The Morgan fingerprint density at radius 1 is 1.47 bits per heavy atom. The molecular formula is C12H15ClN2OS. The fourth-order valence-electron chi connectivity index (χ4n) is 1.78. The summed E-state index contributed by atoms with van der Waals surface area (Å²) in [5.74, 6) is 0.939. The van der Waals surface area contributed by atoms with Crippen molar-refractivity contribution in [2.75, 3.05) is 13.6 Å². The summed E-state index contributed by atoms with van der Waals surface area (Å²) >= 11 is 7.52. The molecule has 2 aromatic heterocycles. The molecule has 0 aliphatic heterocycles. The molecule has 0 fully saturated rings. The first-order valence-corrected chi connectivity index (χ1v) is 6.58. The van der Waals surface area contributed by atoms with Crippen LogP contribution in [0.4, 0.5) is 0 Å². The monoisotopic (exact) mass is 270 g/mol. The van der Waals surface area contributed by atoms with Crippen LogP contribution >= 0.6 is 22.9 Å². The van der Waals surface area contributed by atoms with E-state index in [1.54, 1.807) is 17.6 Å². The van der Waals surface area contributed by atoms with Gasteiger partial charge in [-0.1, -0.05) is 11.6 Å². The third-order valence-corrected chi connectivity index (χ3v) is 4.00. The Morgan fingerprint density at radius 3 is 2.82 bits per heavy atom. The van der Waals surface area contributed by atoms with Crippen LogP contribution in [0.1, 0.15) is 16.7 Å². The van der Waals surface area contributed by atoms with Crippen LogP contribution in [0.5, 0.6) is 0 Å². The fraction of sp³-hybridized carbons (Fsp3) is 0.333. The number of halogens is 1. The summed E-state index contributed by atoms with van der Waals surface area (Å²) in [6.45, 7) is 1.30. The maximum Gasteiger partial charge on any atom is 0.117 e. The number of nitrogens with zero attached hydrogens (tertiary/aromatic N) is 1. The molecule has 2 aromatic rings. The first kappa shape index (κ1) is 12.6. The molecule has 0 radical (unpaired) electrons. The number of thiophene rings is 1. The second-order valence-electron chi connectivity index (χ2n) is 3.89. The summed E-state index contributed by atoms with van der Waals surface area (Å²) in [5, 5.41) is 0. The van der Waals surface area contributed by atoms with E-state index in [-0.39, 0.29) is 6.04 Å². The molecule has 2 N–H and O–H groups in total. The van der Waals surface area contributed by atoms with Gasteiger partial charge < -0.3 is 10.2 Å². The molecule has 92 valence electrons. The zero-order valence-corrected chi connectivity index (χ0v) is 11.2. The fourth-order valence-corrected chi connectivity index (χ4v) is 3.02. The van der Waals surface area contributed by atoms with Crippen molar-refractivity contribution in [3.05, 3.63) is 45.5 Å². The summed E-state index contributed by atoms with van der Waals surface area (Å²) in [6, 6.07) is 7.97. The van der Waals surface area contributed by atoms with Crippen LogP contribution in [0.2, 0.25) is 4.34 Å². The van der Waals surface area contributed by atoms with Gasteiger partial charge in [0.1, 0.15) is 5.76 Å². The molecule has 0 aromatic carbocycles. The van der Waals surface area contributed by atoms with Crippen molar-refractivity contribution in [2.45, 2.75) is 12.6 Å². The van der Waals surface area contributed by atoms with Crippen molar-refractivity contribution in [3.63, 3.8) is 0 Å². The zero-order valence-electron chi connectivity index (χ0n) is 9.60. The summed E-state index contributed by atoms with van der Waals surface area (Å²) in [4.78, 5) is 3.35. The van der Waals surface area contributed by atoms with Crippen molar-refractivity contribution in [1.29, 1.82) is 0 Å². The number of hydrogen-bond acceptors (Lipinski definition) is 4. The molecule has 0 aliphatic carbocycles. The smallest absolute Gasteiger partial charge is 0.117 e. The van der Waals surface area contributed by atoms with Crippen molar-refractivity contribution in [3.8, 4) is 0 Å². The predicted octanol–water partition coefficient (Wildman–Crippen LogP) is 3.13. The average molecular weight is 271 g/mol. The van der Waals surface area contributed by atoms with E-state index in [0.29, 0.717) is 6.54 Å². The molecule has 0 amide bonds. The molecule has 2 rings (SSSR count). The predicted molar refractivity (Wildman–Crippen MR) is 71.3 cm³/mol. The summed E-state index contributed by atoms with van der Waals surface area (Å²) in [6.07, 6.45) is 1.68. The van der Waals surface area contributed by atoms with Gasteiger partial charge in [0, 0.05) is 11.4 Å². The first-order valence-electron chi connectivity index (χ1n) is 5.38. The van der Waals surface area contributed by atoms with Crippen molar-refractivity contribution in [1.82, 2.24) is 4.90 Å². The Kier molecular flexibility index (Phi) is 4.23. The van der Waals surface area contributed by atoms with Crippen LogP contribution in [0, 0.1) is 0 Å². The topological polar surface area (TPSA) is 42.4 Å². The molecule has 17 heavy (non-hydrogen) atoms. The van der Waals surface area contributed by atoms with Gasteiger partial charge in [-0.3, -0.25) is 4.90 Å². The van der Waals surface area contributed by atoms with Crippen LogP contribution in [-0.4, -0.2) is 18.5 Å². The lowest BCUT2D eigenvalue weighted by molar-refractivity contribution is 0.226. The average Bonchev–Trinajstić information content (AvgIpc) is 2.91. The second-order valence-corrected chi connectivity index (χ2v) is 5.63. The number of rotatable bonds is 5. The van der Waals surface area contributed by atoms with Crippen LogP contribution < -0.4 is 5.73 Å². The van der Waals surface area contributed by atoms with Crippen molar-refractivity contribution < 1.29 is 4.42 Å². The van der Waals surface area contributed by atoms with Gasteiger partial charge in [0.15, 0.2) is 0 Å². The molecular weight excluding hydrogens is 256 g/mol. The van der Waals surface area contributed by atoms with E-state index in [0.717, 1.165) is 16.6 Å². The summed E-state index contributed by atoms with van der Waals surface area (Å²) in [7, 11) is 2.04. The number of hydrogen-bond donors (Lipinski definition) is 1. The van der Waals surface area contributed by atoms with Gasteiger partial charge in [0.05, 0.1) is 23.2 Å². The molecule has 0 aliphatic rings. The minimum absolute atomic E-state index is 0.178. The lowest BCUT2D eigenvalue weighted by atomic mass is 10.2. The minimum atomic E-state index is 0.178. The van der Waals surface area contributed by atoms with Gasteiger partial charge in [-0.05, 0) is 31.3 Å². The largest absolute Gasteiger partial charge is 0.468 e. The highest BCUT2D eigenvalue weighted by atomic mass is 35.5. The van der Waals surface area contributed by atoms with E-state index in [4.69, 9.17) is 21.8 Å². The van der Waals surface area contributed by atoms with Gasteiger partial charge in [-0.15, -0.1) is 11.3 Å². The molecule has 0 spiro atoms. The van der Waals surface area contributed by atoms with E-state index in [2.05, 4.69) is 4.90 Å². The molecule has 5 heteroatoms. The maximum absolute atomic E-state index is 5.95. The van der Waals surface area contributed by atoms with E-state index < -0.39 is 0 Å². The first-order chi connectivity index (χ1) is 8.20. The van der Waals surface area contributed by atoms with Gasteiger partial charge in [0.2, 0.25) is 0 Å². The van der Waals surface area contributed by atoms with Crippen LogP contribution in [-0.2, 0) is 6.54 Å². The highest BCUT2D eigenvalue weighted by Gasteiger charge is 2.18. The Balaban J connectivity index is 2.07. The molecule has 3 nitrogen and oxygen atoms in total. The number of furan rings is 1. The van der Waals surface area contributed by atoms with Crippen LogP contribution in [0.3, 0.4) is 0 Å². The standard InChI is InChI=1S/C12H15ClN2OS/c1-15(8-9-3-2-6-16-9)10(7-14)11-4-5-12(13)17-11/h2-6,10H,7-8,14H2,1H3. The second kappa shape index (κ2) is 5.69.